The summed E-state index contributed by atoms with van der Waals surface area (Å²) in [5, 5.41) is 12.6. The summed E-state index contributed by atoms with van der Waals surface area (Å²) < 4.78 is 0.760. The Morgan fingerprint density at radius 1 is 1.35 bits per heavy atom. The Hall–Kier alpha value is -1.33. The zero-order chi connectivity index (χ0) is 14.9. The number of hydrogen-bond donors (Lipinski definition) is 2. The maximum atomic E-state index is 11.3. The van der Waals surface area contributed by atoms with Crippen LogP contribution in [-0.4, -0.2) is 11.1 Å². The highest BCUT2D eigenvalue weighted by molar-refractivity contribution is 9.10. The minimum Gasteiger partial charge on any atom is -0.478 e. The van der Waals surface area contributed by atoms with Crippen LogP contribution in [0.15, 0.2) is 28.7 Å². The van der Waals surface area contributed by atoms with Crippen molar-refractivity contribution in [2.24, 2.45) is 0 Å². The Kier molecular flexibility index (Phi) is 4.50. The molecule has 20 heavy (non-hydrogen) atoms. The summed E-state index contributed by atoms with van der Waals surface area (Å²) in [5.41, 5.74) is 2.12. The molecule has 0 radical (unpaired) electrons. The van der Waals surface area contributed by atoms with Gasteiger partial charge in [-0.05, 0) is 50.6 Å². The van der Waals surface area contributed by atoms with Gasteiger partial charge in [-0.1, -0.05) is 15.9 Å². The van der Waals surface area contributed by atoms with E-state index in [1.165, 1.54) is 15.3 Å². The second kappa shape index (κ2) is 5.97. The predicted octanol–water partition coefficient (Wildman–Crippen LogP) is 5.00. The highest BCUT2D eigenvalue weighted by Crippen LogP contribution is 2.30. The zero-order valence-corrected chi connectivity index (χ0v) is 13.9. The minimum absolute atomic E-state index is 0.0687. The number of aryl methyl sites for hydroxylation is 2. The fraction of sp³-hybridized carbons (Fsp3) is 0.267. The van der Waals surface area contributed by atoms with E-state index in [0.29, 0.717) is 5.69 Å². The molecule has 0 spiro atoms. The molecular formula is C15H16BrNO2S. The molecule has 1 aromatic carbocycles. The molecule has 1 unspecified atom stereocenters. The van der Waals surface area contributed by atoms with Gasteiger partial charge in [0.1, 0.15) is 0 Å². The molecule has 1 aromatic heterocycles. The van der Waals surface area contributed by atoms with Gasteiger partial charge in [-0.3, -0.25) is 0 Å². The smallest absolute Gasteiger partial charge is 0.337 e. The minimum atomic E-state index is -0.931. The van der Waals surface area contributed by atoms with E-state index < -0.39 is 5.97 Å². The maximum Gasteiger partial charge on any atom is 0.337 e. The number of carboxylic acids is 1. The van der Waals surface area contributed by atoms with Gasteiger partial charge in [0.2, 0.25) is 0 Å². The Bertz CT molecular complexity index is 651. The largest absolute Gasteiger partial charge is 0.478 e. The topological polar surface area (TPSA) is 49.3 Å². The average Bonchev–Trinajstić information content (AvgIpc) is 2.70. The monoisotopic (exact) mass is 353 g/mol. The summed E-state index contributed by atoms with van der Waals surface area (Å²) in [6, 6.07) is 7.46. The molecule has 1 heterocycles. The number of nitrogens with one attached hydrogen (secondary N) is 1. The third kappa shape index (κ3) is 3.22. The van der Waals surface area contributed by atoms with Gasteiger partial charge in [-0.25, -0.2) is 4.79 Å². The Balaban J connectivity index is 2.30. The number of aromatic carboxylic acids is 1. The number of thiophene rings is 1. The van der Waals surface area contributed by atoms with Gasteiger partial charge in [-0.15, -0.1) is 11.3 Å². The van der Waals surface area contributed by atoms with Gasteiger partial charge >= 0.3 is 5.97 Å². The van der Waals surface area contributed by atoms with E-state index >= 15 is 0 Å². The highest BCUT2D eigenvalue weighted by atomic mass is 79.9. The number of hydrogen-bond acceptors (Lipinski definition) is 3. The molecule has 2 rings (SSSR count). The molecule has 0 saturated heterocycles. The first-order valence-corrected chi connectivity index (χ1v) is 7.85. The zero-order valence-electron chi connectivity index (χ0n) is 11.5. The van der Waals surface area contributed by atoms with E-state index in [0.717, 1.165) is 4.47 Å². The first kappa shape index (κ1) is 15.1. The summed E-state index contributed by atoms with van der Waals surface area (Å²) in [4.78, 5) is 13.8. The molecule has 0 aliphatic carbocycles. The molecule has 0 fully saturated rings. The van der Waals surface area contributed by atoms with Crippen molar-refractivity contribution >= 4 is 38.9 Å². The van der Waals surface area contributed by atoms with Crippen molar-refractivity contribution < 1.29 is 9.90 Å². The molecule has 0 aliphatic heterocycles. The molecule has 0 aliphatic rings. The summed E-state index contributed by atoms with van der Waals surface area (Å²) in [6.45, 7) is 6.21. The van der Waals surface area contributed by atoms with Crippen LogP contribution in [0.1, 0.15) is 38.6 Å². The van der Waals surface area contributed by atoms with Crippen LogP contribution in [0, 0.1) is 13.8 Å². The first-order valence-electron chi connectivity index (χ1n) is 6.25. The van der Waals surface area contributed by atoms with E-state index in [1.807, 2.05) is 13.0 Å². The lowest BCUT2D eigenvalue weighted by Crippen LogP contribution is -2.10. The van der Waals surface area contributed by atoms with Crippen molar-refractivity contribution in [3.05, 3.63) is 49.6 Å². The van der Waals surface area contributed by atoms with E-state index in [4.69, 9.17) is 0 Å². The van der Waals surface area contributed by atoms with E-state index in [-0.39, 0.29) is 11.6 Å². The second-order valence-electron chi connectivity index (χ2n) is 4.73. The predicted molar refractivity (Wildman–Crippen MR) is 86.9 cm³/mol. The molecule has 3 nitrogen and oxygen atoms in total. The third-order valence-corrected chi connectivity index (χ3v) is 4.60. The molecular weight excluding hydrogens is 338 g/mol. The van der Waals surface area contributed by atoms with Crippen molar-refractivity contribution in [2.45, 2.75) is 26.8 Å². The number of rotatable bonds is 4. The van der Waals surface area contributed by atoms with Crippen LogP contribution in [0.2, 0.25) is 0 Å². The molecule has 106 valence electrons. The lowest BCUT2D eigenvalue weighted by atomic mass is 10.1. The summed E-state index contributed by atoms with van der Waals surface area (Å²) in [6.07, 6.45) is 0. The standard InChI is InChI=1S/C15H16BrNO2S/c1-8-6-12(10(3)20-8)9(2)17-14-5-4-11(16)7-13(14)15(18)19/h4-7,9,17H,1-3H3,(H,18,19). The molecule has 1 atom stereocenters. The van der Waals surface area contributed by atoms with Crippen LogP contribution < -0.4 is 5.32 Å². The number of benzene rings is 1. The Morgan fingerprint density at radius 2 is 2.05 bits per heavy atom. The lowest BCUT2D eigenvalue weighted by Gasteiger charge is -2.17. The van der Waals surface area contributed by atoms with E-state index in [9.17, 15) is 9.90 Å². The van der Waals surface area contributed by atoms with Crippen molar-refractivity contribution in [1.29, 1.82) is 0 Å². The van der Waals surface area contributed by atoms with Gasteiger partial charge in [0.05, 0.1) is 5.56 Å². The maximum absolute atomic E-state index is 11.3. The fourth-order valence-corrected chi connectivity index (χ4v) is 3.59. The average molecular weight is 354 g/mol. The SMILES string of the molecule is Cc1cc(C(C)Nc2ccc(Br)cc2C(=O)O)c(C)s1. The number of anilines is 1. The van der Waals surface area contributed by atoms with Crippen molar-refractivity contribution in [2.75, 3.05) is 5.32 Å². The van der Waals surface area contributed by atoms with Crippen LogP contribution in [0.4, 0.5) is 5.69 Å². The van der Waals surface area contributed by atoms with Crippen LogP contribution in [0.25, 0.3) is 0 Å². The number of carboxylic acid groups (broad SMARTS) is 1. The van der Waals surface area contributed by atoms with Crippen LogP contribution in [0.3, 0.4) is 0 Å². The molecule has 0 saturated carbocycles. The second-order valence-corrected chi connectivity index (χ2v) is 7.11. The van der Waals surface area contributed by atoms with E-state index in [1.54, 1.807) is 23.5 Å². The molecule has 0 bridgehead atoms. The van der Waals surface area contributed by atoms with E-state index in [2.05, 4.69) is 41.2 Å². The number of halogens is 1. The van der Waals surface area contributed by atoms with Gasteiger partial charge in [0.25, 0.3) is 0 Å². The molecule has 0 amide bonds. The third-order valence-electron chi connectivity index (χ3n) is 3.13. The summed E-state index contributed by atoms with van der Waals surface area (Å²) in [5.74, 6) is -0.931. The lowest BCUT2D eigenvalue weighted by molar-refractivity contribution is 0.0698. The Morgan fingerprint density at radius 3 is 2.60 bits per heavy atom. The molecule has 2 N–H and O–H groups in total. The van der Waals surface area contributed by atoms with Gasteiger partial charge in [0.15, 0.2) is 0 Å². The normalized spacial score (nSPS) is 12.2. The van der Waals surface area contributed by atoms with Crippen molar-refractivity contribution in [3.63, 3.8) is 0 Å². The summed E-state index contributed by atoms with van der Waals surface area (Å²) >= 11 is 5.06. The summed E-state index contributed by atoms with van der Waals surface area (Å²) in [7, 11) is 0. The van der Waals surface area contributed by atoms with Crippen molar-refractivity contribution in [3.8, 4) is 0 Å². The van der Waals surface area contributed by atoms with Gasteiger partial charge < -0.3 is 10.4 Å². The van der Waals surface area contributed by atoms with Crippen LogP contribution >= 0.6 is 27.3 Å². The highest BCUT2D eigenvalue weighted by Gasteiger charge is 2.15. The van der Waals surface area contributed by atoms with Gasteiger partial charge in [0, 0.05) is 26.0 Å². The fourth-order valence-electron chi connectivity index (χ4n) is 2.21. The van der Waals surface area contributed by atoms with Crippen molar-refractivity contribution in [1.82, 2.24) is 0 Å². The quantitative estimate of drug-likeness (QED) is 0.812. The Labute approximate surface area is 130 Å². The molecule has 5 heteroatoms. The number of carbonyl (C=O) groups is 1. The van der Waals surface area contributed by atoms with Gasteiger partial charge in [-0.2, -0.15) is 0 Å². The molecule has 2 aromatic rings. The van der Waals surface area contributed by atoms with Crippen LogP contribution in [-0.2, 0) is 0 Å². The van der Waals surface area contributed by atoms with Crippen LogP contribution in [0.5, 0.6) is 0 Å². The first-order chi connectivity index (χ1) is 9.38.